The summed E-state index contributed by atoms with van der Waals surface area (Å²) in [5.41, 5.74) is 3.16. The fraction of sp³-hybridized carbons (Fsp3) is 0.250. The van der Waals surface area contributed by atoms with Gasteiger partial charge < -0.3 is 9.67 Å². The van der Waals surface area contributed by atoms with Crippen LogP contribution in [0.1, 0.15) is 11.3 Å². The van der Waals surface area contributed by atoms with Crippen LogP contribution in [0.5, 0.6) is 0 Å². The Labute approximate surface area is 87.9 Å². The van der Waals surface area contributed by atoms with Crippen LogP contribution < -0.4 is 0 Å². The van der Waals surface area contributed by atoms with E-state index in [1.54, 1.807) is 0 Å². The zero-order chi connectivity index (χ0) is 11.0. The fourth-order valence-electron chi connectivity index (χ4n) is 1.91. The molecule has 0 bridgehead atoms. The molecule has 0 aliphatic heterocycles. The van der Waals surface area contributed by atoms with Gasteiger partial charge in [0.05, 0.1) is 0 Å². The minimum absolute atomic E-state index is 0.0266. The number of hydrogen-bond donors (Lipinski definition) is 1. The summed E-state index contributed by atoms with van der Waals surface area (Å²) in [6, 6.07) is 7.98. The lowest BCUT2D eigenvalue weighted by Gasteiger charge is -2.04. The maximum Gasteiger partial charge on any atom is 0.323 e. The van der Waals surface area contributed by atoms with E-state index in [1.807, 2.05) is 42.7 Å². The molecule has 2 rings (SSSR count). The minimum atomic E-state index is -0.808. The van der Waals surface area contributed by atoms with Crippen molar-refractivity contribution in [2.45, 2.75) is 20.4 Å². The molecule has 1 heterocycles. The van der Waals surface area contributed by atoms with Crippen molar-refractivity contribution in [3.05, 3.63) is 35.5 Å². The average Bonchev–Trinajstić information content (AvgIpc) is 2.45. The molecule has 1 aromatic carbocycles. The quantitative estimate of drug-likeness (QED) is 0.814. The van der Waals surface area contributed by atoms with Crippen molar-refractivity contribution in [3.63, 3.8) is 0 Å². The van der Waals surface area contributed by atoms with Crippen LogP contribution in [0.4, 0.5) is 0 Å². The highest BCUT2D eigenvalue weighted by molar-refractivity contribution is 5.85. The summed E-state index contributed by atoms with van der Waals surface area (Å²) >= 11 is 0. The summed E-state index contributed by atoms with van der Waals surface area (Å²) in [4.78, 5) is 10.7. The van der Waals surface area contributed by atoms with Gasteiger partial charge in [-0.05, 0) is 31.5 Å². The molecule has 2 aromatic rings. The highest BCUT2D eigenvalue weighted by atomic mass is 16.4. The third-order valence-electron chi connectivity index (χ3n) is 2.66. The van der Waals surface area contributed by atoms with Crippen molar-refractivity contribution in [1.82, 2.24) is 4.57 Å². The van der Waals surface area contributed by atoms with Crippen molar-refractivity contribution in [2.24, 2.45) is 0 Å². The van der Waals surface area contributed by atoms with Gasteiger partial charge in [0, 0.05) is 16.6 Å². The van der Waals surface area contributed by atoms with Gasteiger partial charge in [-0.2, -0.15) is 0 Å². The predicted molar refractivity (Wildman–Crippen MR) is 59.0 cm³/mol. The third kappa shape index (κ3) is 1.61. The number of aryl methyl sites for hydroxylation is 2. The predicted octanol–water partition coefficient (Wildman–Crippen LogP) is 2.34. The van der Waals surface area contributed by atoms with Crippen molar-refractivity contribution in [3.8, 4) is 0 Å². The summed E-state index contributed by atoms with van der Waals surface area (Å²) in [6.45, 7) is 3.99. The number of benzene rings is 1. The number of aromatic nitrogens is 1. The van der Waals surface area contributed by atoms with Crippen molar-refractivity contribution in [2.75, 3.05) is 0 Å². The van der Waals surface area contributed by atoms with Gasteiger partial charge in [-0.1, -0.05) is 12.1 Å². The average molecular weight is 203 g/mol. The maximum atomic E-state index is 10.7. The first kappa shape index (κ1) is 9.77. The Morgan fingerprint density at radius 3 is 2.80 bits per heavy atom. The normalized spacial score (nSPS) is 10.8. The number of carboxylic acids is 1. The maximum absolute atomic E-state index is 10.7. The minimum Gasteiger partial charge on any atom is -0.480 e. The lowest BCUT2D eigenvalue weighted by Crippen LogP contribution is -2.09. The first-order valence-electron chi connectivity index (χ1n) is 4.87. The number of nitrogens with zero attached hydrogens (tertiary/aromatic N) is 1. The summed E-state index contributed by atoms with van der Waals surface area (Å²) < 4.78 is 1.82. The van der Waals surface area contributed by atoms with Gasteiger partial charge >= 0.3 is 5.97 Å². The Kier molecular flexibility index (Phi) is 2.23. The van der Waals surface area contributed by atoms with Crippen LogP contribution in [-0.2, 0) is 11.3 Å². The van der Waals surface area contributed by atoms with E-state index in [2.05, 4.69) is 0 Å². The zero-order valence-electron chi connectivity index (χ0n) is 8.82. The molecule has 0 saturated heterocycles. The van der Waals surface area contributed by atoms with Crippen LogP contribution in [0.15, 0.2) is 24.3 Å². The molecule has 78 valence electrons. The van der Waals surface area contributed by atoms with E-state index in [9.17, 15) is 4.79 Å². The highest BCUT2D eigenvalue weighted by Crippen LogP contribution is 2.22. The highest BCUT2D eigenvalue weighted by Gasteiger charge is 2.09. The number of aliphatic carboxylic acids is 1. The Hall–Kier alpha value is -1.77. The van der Waals surface area contributed by atoms with Gasteiger partial charge in [0.2, 0.25) is 0 Å². The van der Waals surface area contributed by atoms with E-state index in [4.69, 9.17) is 5.11 Å². The smallest absolute Gasteiger partial charge is 0.323 e. The summed E-state index contributed by atoms with van der Waals surface area (Å²) in [6.07, 6.45) is 0. The van der Waals surface area contributed by atoms with Crippen molar-refractivity contribution >= 4 is 16.9 Å². The molecule has 0 saturated carbocycles. The molecule has 0 amide bonds. The second-order valence-electron chi connectivity index (χ2n) is 3.77. The molecule has 0 aliphatic carbocycles. The molecule has 0 unspecified atom stereocenters. The molecule has 0 atom stereocenters. The second kappa shape index (κ2) is 3.42. The van der Waals surface area contributed by atoms with Crippen LogP contribution in [0.25, 0.3) is 10.9 Å². The lowest BCUT2D eigenvalue weighted by atomic mass is 10.1. The van der Waals surface area contributed by atoms with Gasteiger partial charge in [-0.25, -0.2) is 0 Å². The molecule has 0 aliphatic rings. The largest absolute Gasteiger partial charge is 0.480 e. The van der Waals surface area contributed by atoms with E-state index in [0.29, 0.717) is 0 Å². The Bertz CT molecular complexity index is 526. The van der Waals surface area contributed by atoms with Crippen LogP contribution in [0.2, 0.25) is 0 Å². The van der Waals surface area contributed by atoms with Gasteiger partial charge in [0.15, 0.2) is 0 Å². The second-order valence-corrected chi connectivity index (χ2v) is 3.77. The van der Waals surface area contributed by atoms with Gasteiger partial charge in [-0.15, -0.1) is 0 Å². The Morgan fingerprint density at radius 2 is 2.13 bits per heavy atom. The number of hydrogen-bond acceptors (Lipinski definition) is 1. The van der Waals surface area contributed by atoms with E-state index < -0.39 is 5.97 Å². The van der Waals surface area contributed by atoms with E-state index in [-0.39, 0.29) is 6.54 Å². The number of fused-ring (bicyclic) bond motifs is 1. The van der Waals surface area contributed by atoms with Gasteiger partial charge in [0.1, 0.15) is 6.54 Å². The SMILES string of the molecule is Cc1cccc2c1cc(C)n2CC(=O)O. The fourth-order valence-corrected chi connectivity index (χ4v) is 1.91. The van der Waals surface area contributed by atoms with E-state index in [0.717, 1.165) is 16.6 Å². The number of carboxylic acid groups (broad SMARTS) is 1. The van der Waals surface area contributed by atoms with Crippen LogP contribution in [0, 0.1) is 13.8 Å². The molecule has 1 aromatic heterocycles. The number of carbonyl (C=O) groups is 1. The monoisotopic (exact) mass is 203 g/mol. The van der Waals surface area contributed by atoms with E-state index >= 15 is 0 Å². The Balaban J connectivity index is 2.68. The van der Waals surface area contributed by atoms with E-state index in [1.165, 1.54) is 5.56 Å². The Morgan fingerprint density at radius 1 is 1.40 bits per heavy atom. The summed E-state index contributed by atoms with van der Waals surface area (Å²) in [7, 11) is 0. The summed E-state index contributed by atoms with van der Waals surface area (Å²) in [5, 5.41) is 9.95. The van der Waals surface area contributed by atoms with Crippen LogP contribution in [-0.4, -0.2) is 15.6 Å². The first-order chi connectivity index (χ1) is 7.09. The van der Waals surface area contributed by atoms with Crippen molar-refractivity contribution < 1.29 is 9.90 Å². The molecule has 15 heavy (non-hydrogen) atoms. The topological polar surface area (TPSA) is 42.2 Å². The molecule has 0 radical (unpaired) electrons. The number of rotatable bonds is 2. The lowest BCUT2D eigenvalue weighted by molar-refractivity contribution is -0.137. The summed E-state index contributed by atoms with van der Waals surface area (Å²) in [5.74, 6) is -0.808. The van der Waals surface area contributed by atoms with Crippen molar-refractivity contribution in [1.29, 1.82) is 0 Å². The van der Waals surface area contributed by atoms with Gasteiger partial charge in [0.25, 0.3) is 0 Å². The van der Waals surface area contributed by atoms with Crippen LogP contribution in [0.3, 0.4) is 0 Å². The molecule has 0 spiro atoms. The molecule has 3 heteroatoms. The molecular weight excluding hydrogens is 190 g/mol. The molecular formula is C12H13NO2. The zero-order valence-corrected chi connectivity index (χ0v) is 8.82. The standard InChI is InChI=1S/C12H13NO2/c1-8-4-3-5-11-10(8)6-9(2)13(11)7-12(14)15/h3-6H,7H2,1-2H3,(H,14,15). The van der Waals surface area contributed by atoms with Gasteiger partial charge in [-0.3, -0.25) is 4.79 Å². The molecule has 3 nitrogen and oxygen atoms in total. The molecule has 1 N–H and O–H groups in total. The third-order valence-corrected chi connectivity index (χ3v) is 2.66. The molecule has 0 fully saturated rings. The first-order valence-corrected chi connectivity index (χ1v) is 4.87. The van der Waals surface area contributed by atoms with Crippen LogP contribution >= 0.6 is 0 Å².